The van der Waals surface area contributed by atoms with Crippen molar-refractivity contribution in [3.63, 3.8) is 0 Å². The topological polar surface area (TPSA) is 106 Å². The molecule has 7 nitrogen and oxygen atoms in total. The van der Waals surface area contributed by atoms with Crippen LogP contribution in [0.5, 0.6) is 0 Å². The van der Waals surface area contributed by atoms with Crippen molar-refractivity contribution in [2.45, 2.75) is 37.4 Å². The zero-order chi connectivity index (χ0) is 15.8. The zero-order valence-corrected chi connectivity index (χ0v) is 14.0. The third-order valence-corrected chi connectivity index (χ3v) is 6.16. The summed E-state index contributed by atoms with van der Waals surface area (Å²) in [5.41, 5.74) is 5.27. The standard InChI is InChI=1S/C12H21N3O4S2/c1-4-21(17,18)9-10(13)14-20-11(9)15-5-8(6-16)19-12(2,3)7-15/h8,16H,4-7H2,1-3H3,(H2,13,14). The highest BCUT2D eigenvalue weighted by Crippen LogP contribution is 2.38. The third kappa shape index (κ3) is 3.31. The molecule has 21 heavy (non-hydrogen) atoms. The van der Waals surface area contributed by atoms with Crippen LogP contribution in [-0.4, -0.2) is 55.1 Å². The molecule has 0 aromatic carbocycles. The van der Waals surface area contributed by atoms with E-state index in [9.17, 15) is 13.5 Å². The van der Waals surface area contributed by atoms with E-state index < -0.39 is 15.4 Å². The Morgan fingerprint density at radius 1 is 1.57 bits per heavy atom. The number of aromatic nitrogens is 1. The highest BCUT2D eigenvalue weighted by atomic mass is 32.2. The minimum Gasteiger partial charge on any atom is -0.394 e. The van der Waals surface area contributed by atoms with Gasteiger partial charge in [-0.05, 0) is 25.4 Å². The molecule has 2 rings (SSSR count). The molecule has 1 fully saturated rings. The first-order valence-electron chi connectivity index (χ1n) is 6.71. The number of aliphatic hydroxyl groups is 1. The van der Waals surface area contributed by atoms with Gasteiger partial charge in [0.1, 0.15) is 9.90 Å². The fraction of sp³-hybridized carbons (Fsp3) is 0.750. The molecule has 1 saturated heterocycles. The molecule has 1 aromatic rings. The van der Waals surface area contributed by atoms with Crippen LogP contribution in [0.25, 0.3) is 0 Å². The van der Waals surface area contributed by atoms with Crippen molar-refractivity contribution in [2.75, 3.05) is 36.1 Å². The minimum absolute atomic E-state index is 0.0280. The first-order valence-corrected chi connectivity index (χ1v) is 9.14. The van der Waals surface area contributed by atoms with Gasteiger partial charge in [0.2, 0.25) is 0 Å². The molecule has 0 saturated carbocycles. The summed E-state index contributed by atoms with van der Waals surface area (Å²) in [6.07, 6.45) is -0.366. The van der Waals surface area contributed by atoms with Gasteiger partial charge in [0.15, 0.2) is 15.7 Å². The van der Waals surface area contributed by atoms with Crippen LogP contribution in [-0.2, 0) is 14.6 Å². The van der Waals surface area contributed by atoms with E-state index in [2.05, 4.69) is 4.37 Å². The molecule has 3 N–H and O–H groups in total. The Morgan fingerprint density at radius 3 is 2.81 bits per heavy atom. The molecule has 1 unspecified atom stereocenters. The summed E-state index contributed by atoms with van der Waals surface area (Å²) in [5, 5.41) is 9.89. The third-order valence-electron chi connectivity index (χ3n) is 3.32. The number of ether oxygens (including phenoxy) is 1. The van der Waals surface area contributed by atoms with E-state index in [0.29, 0.717) is 18.1 Å². The van der Waals surface area contributed by atoms with Crippen molar-refractivity contribution in [2.24, 2.45) is 0 Å². The number of hydrogen-bond acceptors (Lipinski definition) is 8. The summed E-state index contributed by atoms with van der Waals surface area (Å²) in [6.45, 7) is 6.19. The number of morpholine rings is 1. The first kappa shape index (κ1) is 16.5. The number of nitrogen functional groups attached to an aromatic ring is 1. The fourth-order valence-corrected chi connectivity index (χ4v) is 4.79. The fourth-order valence-electron chi connectivity index (χ4n) is 2.47. The summed E-state index contributed by atoms with van der Waals surface area (Å²) in [6, 6.07) is 0. The van der Waals surface area contributed by atoms with Crippen LogP contribution in [0.15, 0.2) is 4.90 Å². The second-order valence-corrected chi connectivity index (χ2v) is 8.64. The summed E-state index contributed by atoms with van der Waals surface area (Å²) < 4.78 is 34.2. The molecular formula is C12H21N3O4S2. The average Bonchev–Trinajstić information content (AvgIpc) is 2.79. The van der Waals surface area contributed by atoms with E-state index in [0.717, 1.165) is 11.5 Å². The predicted octanol–water partition coefficient (Wildman–Crippen LogP) is 0.495. The number of anilines is 2. The minimum atomic E-state index is -3.45. The Balaban J connectivity index is 2.43. The lowest BCUT2D eigenvalue weighted by atomic mass is 10.1. The number of hydrogen-bond donors (Lipinski definition) is 2. The molecule has 0 spiro atoms. The van der Waals surface area contributed by atoms with E-state index in [1.54, 1.807) is 6.92 Å². The molecule has 9 heteroatoms. The lowest BCUT2D eigenvalue weighted by Gasteiger charge is -2.42. The van der Waals surface area contributed by atoms with Gasteiger partial charge in [-0.2, -0.15) is 4.37 Å². The SMILES string of the molecule is CCS(=O)(=O)c1c(N)nsc1N1CC(CO)OC(C)(C)C1. The highest BCUT2D eigenvalue weighted by molar-refractivity contribution is 7.91. The normalized spacial score (nSPS) is 22.5. The van der Waals surface area contributed by atoms with Crippen molar-refractivity contribution < 1.29 is 18.3 Å². The van der Waals surface area contributed by atoms with E-state index in [-0.39, 0.29) is 29.2 Å². The predicted molar refractivity (Wildman–Crippen MR) is 82.5 cm³/mol. The summed E-state index contributed by atoms with van der Waals surface area (Å²) in [5.74, 6) is 0.0152. The number of nitrogens with two attached hydrogens (primary N) is 1. The van der Waals surface area contributed by atoms with Crippen molar-refractivity contribution in [3.05, 3.63) is 0 Å². The molecular weight excluding hydrogens is 314 g/mol. The van der Waals surface area contributed by atoms with Gasteiger partial charge < -0.3 is 20.5 Å². The molecule has 0 radical (unpaired) electrons. The van der Waals surface area contributed by atoms with Gasteiger partial charge in [0.05, 0.1) is 24.1 Å². The molecule has 0 aliphatic carbocycles. The second kappa shape index (κ2) is 5.71. The van der Waals surface area contributed by atoms with Gasteiger partial charge >= 0.3 is 0 Å². The van der Waals surface area contributed by atoms with Crippen molar-refractivity contribution in [1.29, 1.82) is 0 Å². The van der Waals surface area contributed by atoms with Gasteiger partial charge in [-0.25, -0.2) is 8.42 Å². The molecule has 2 heterocycles. The maximum Gasteiger partial charge on any atom is 0.184 e. The van der Waals surface area contributed by atoms with Gasteiger partial charge in [0, 0.05) is 13.1 Å². The van der Waals surface area contributed by atoms with E-state index in [1.807, 2.05) is 18.7 Å². The summed E-state index contributed by atoms with van der Waals surface area (Å²) >= 11 is 1.07. The van der Waals surface area contributed by atoms with E-state index >= 15 is 0 Å². The first-order chi connectivity index (χ1) is 9.70. The van der Waals surface area contributed by atoms with Crippen molar-refractivity contribution in [1.82, 2.24) is 4.37 Å². The van der Waals surface area contributed by atoms with Crippen LogP contribution in [0.3, 0.4) is 0 Å². The largest absolute Gasteiger partial charge is 0.394 e. The maximum absolute atomic E-state index is 12.2. The Kier molecular flexibility index (Phi) is 4.48. The Morgan fingerprint density at radius 2 is 2.24 bits per heavy atom. The molecule has 1 aliphatic heterocycles. The average molecular weight is 335 g/mol. The van der Waals surface area contributed by atoms with E-state index in [4.69, 9.17) is 10.5 Å². The summed E-state index contributed by atoms with van der Waals surface area (Å²) in [4.78, 5) is 1.99. The summed E-state index contributed by atoms with van der Waals surface area (Å²) in [7, 11) is -3.45. The zero-order valence-electron chi connectivity index (χ0n) is 12.4. The molecule has 0 bridgehead atoms. The van der Waals surface area contributed by atoms with Crippen molar-refractivity contribution in [3.8, 4) is 0 Å². The van der Waals surface area contributed by atoms with Crippen LogP contribution in [0, 0.1) is 0 Å². The quantitative estimate of drug-likeness (QED) is 0.825. The number of sulfone groups is 1. The second-order valence-electron chi connectivity index (χ2n) is 5.67. The Labute approximate surface area is 128 Å². The van der Waals surface area contributed by atoms with Gasteiger partial charge in [0.25, 0.3) is 0 Å². The van der Waals surface area contributed by atoms with Crippen LogP contribution >= 0.6 is 11.5 Å². The molecule has 1 atom stereocenters. The molecule has 120 valence electrons. The number of nitrogens with zero attached hydrogens (tertiary/aromatic N) is 2. The smallest absolute Gasteiger partial charge is 0.184 e. The lowest BCUT2D eigenvalue weighted by molar-refractivity contribution is -0.100. The molecule has 0 amide bonds. The van der Waals surface area contributed by atoms with Crippen LogP contribution in [0.1, 0.15) is 20.8 Å². The maximum atomic E-state index is 12.2. The van der Waals surface area contributed by atoms with E-state index in [1.165, 1.54) is 0 Å². The van der Waals surface area contributed by atoms with Gasteiger partial charge in [-0.1, -0.05) is 6.92 Å². The Hall–Kier alpha value is -0.900. The number of aliphatic hydroxyl groups excluding tert-OH is 1. The monoisotopic (exact) mass is 335 g/mol. The molecule has 1 aliphatic rings. The van der Waals surface area contributed by atoms with Gasteiger partial charge in [-0.15, -0.1) is 0 Å². The lowest BCUT2D eigenvalue weighted by Crippen LogP contribution is -2.54. The Bertz CT molecular complexity index is 612. The number of rotatable bonds is 4. The molecule has 1 aromatic heterocycles. The van der Waals surface area contributed by atoms with Crippen LogP contribution in [0.2, 0.25) is 0 Å². The van der Waals surface area contributed by atoms with Crippen LogP contribution in [0.4, 0.5) is 10.8 Å². The van der Waals surface area contributed by atoms with Crippen LogP contribution < -0.4 is 10.6 Å². The van der Waals surface area contributed by atoms with Gasteiger partial charge in [-0.3, -0.25) is 0 Å². The highest BCUT2D eigenvalue weighted by Gasteiger charge is 2.37. The van der Waals surface area contributed by atoms with Crippen molar-refractivity contribution >= 4 is 32.2 Å².